The molecule has 1 amide bonds. The van der Waals surface area contributed by atoms with Gasteiger partial charge in [-0.05, 0) is 12.8 Å². The first-order valence-electron chi connectivity index (χ1n) is 6.15. The molecule has 6 nitrogen and oxygen atoms in total. The fourth-order valence-electron chi connectivity index (χ4n) is 2.39. The molecule has 1 aliphatic heterocycles. The third-order valence-corrected chi connectivity index (χ3v) is 4.55. The lowest BCUT2D eigenvalue weighted by atomic mass is 9.93. The number of nitrogens with zero attached hydrogens (tertiary/aromatic N) is 3. The summed E-state index contributed by atoms with van der Waals surface area (Å²) in [6, 6.07) is 0. The van der Waals surface area contributed by atoms with E-state index in [4.69, 9.17) is 0 Å². The summed E-state index contributed by atoms with van der Waals surface area (Å²) in [5, 5.41) is 0. The first-order chi connectivity index (χ1) is 8.89. The summed E-state index contributed by atoms with van der Waals surface area (Å²) >= 11 is 0. The summed E-state index contributed by atoms with van der Waals surface area (Å²) in [4.78, 5) is 21.2. The molecule has 1 aromatic rings. The molecule has 0 saturated carbocycles. The van der Waals surface area contributed by atoms with Gasteiger partial charge in [-0.15, -0.1) is 0 Å². The summed E-state index contributed by atoms with van der Waals surface area (Å²) in [6.45, 7) is 2.84. The van der Waals surface area contributed by atoms with Crippen LogP contribution in [0, 0.1) is 0 Å². The number of hydrogen-bond acceptors (Lipinski definition) is 5. The van der Waals surface area contributed by atoms with Gasteiger partial charge in [0.2, 0.25) is 5.91 Å². The standard InChI is InChI=1S/C12H17N3O3S/c1-9(16)15-5-3-10(4-6-15)12-11(19(2,17)18)7-13-8-14-12/h7-8,10H,3-6H2,1-2H3. The largest absolute Gasteiger partial charge is 0.343 e. The van der Waals surface area contributed by atoms with Gasteiger partial charge < -0.3 is 4.90 Å². The molecule has 0 N–H and O–H groups in total. The predicted molar refractivity (Wildman–Crippen MR) is 69.4 cm³/mol. The van der Waals surface area contributed by atoms with Crippen molar-refractivity contribution in [3.8, 4) is 0 Å². The van der Waals surface area contributed by atoms with Crippen LogP contribution >= 0.6 is 0 Å². The molecule has 0 radical (unpaired) electrons. The smallest absolute Gasteiger partial charge is 0.219 e. The van der Waals surface area contributed by atoms with Crippen molar-refractivity contribution < 1.29 is 13.2 Å². The summed E-state index contributed by atoms with van der Waals surface area (Å²) in [6.07, 6.45) is 5.37. The second kappa shape index (κ2) is 5.24. The van der Waals surface area contributed by atoms with Crippen LogP contribution in [0.4, 0.5) is 0 Å². The van der Waals surface area contributed by atoms with Crippen LogP contribution in [-0.4, -0.2) is 48.5 Å². The summed E-state index contributed by atoms with van der Waals surface area (Å²) < 4.78 is 23.4. The topological polar surface area (TPSA) is 80.2 Å². The zero-order valence-corrected chi connectivity index (χ0v) is 11.9. The summed E-state index contributed by atoms with van der Waals surface area (Å²) in [5.74, 6) is 0.132. The Morgan fingerprint density at radius 3 is 2.53 bits per heavy atom. The third kappa shape index (κ3) is 3.09. The Bertz CT molecular complexity index is 578. The molecule has 0 bridgehead atoms. The lowest BCUT2D eigenvalue weighted by molar-refractivity contribution is -0.129. The lowest BCUT2D eigenvalue weighted by Gasteiger charge is -2.31. The minimum atomic E-state index is -3.32. The number of sulfone groups is 1. The van der Waals surface area contributed by atoms with E-state index in [0.29, 0.717) is 18.8 Å². The quantitative estimate of drug-likeness (QED) is 0.794. The molecule has 1 aliphatic rings. The van der Waals surface area contributed by atoms with Crippen LogP contribution in [-0.2, 0) is 14.6 Å². The Morgan fingerprint density at radius 2 is 2.00 bits per heavy atom. The zero-order chi connectivity index (χ0) is 14.0. The molecule has 0 spiro atoms. The van der Waals surface area contributed by atoms with Crippen molar-refractivity contribution in [1.82, 2.24) is 14.9 Å². The Morgan fingerprint density at radius 1 is 1.37 bits per heavy atom. The predicted octanol–water partition coefficient (Wildman–Crippen LogP) is 0.606. The number of amides is 1. The van der Waals surface area contributed by atoms with Gasteiger partial charge in [-0.2, -0.15) is 0 Å². The fourth-order valence-corrected chi connectivity index (χ4v) is 3.24. The van der Waals surface area contributed by atoms with Crippen LogP contribution in [0.2, 0.25) is 0 Å². The number of hydrogen-bond donors (Lipinski definition) is 0. The van der Waals surface area contributed by atoms with Crippen LogP contribution in [0.5, 0.6) is 0 Å². The van der Waals surface area contributed by atoms with Crippen molar-refractivity contribution in [2.45, 2.75) is 30.6 Å². The van der Waals surface area contributed by atoms with Crippen molar-refractivity contribution in [2.75, 3.05) is 19.3 Å². The monoisotopic (exact) mass is 283 g/mol. The Labute approximate surface area is 112 Å². The van der Waals surface area contributed by atoms with Gasteiger partial charge in [0.05, 0.1) is 5.69 Å². The maximum absolute atomic E-state index is 11.7. The Balaban J connectivity index is 2.23. The highest BCUT2D eigenvalue weighted by atomic mass is 32.2. The van der Waals surface area contributed by atoms with E-state index in [2.05, 4.69) is 9.97 Å². The van der Waals surface area contributed by atoms with Gasteiger partial charge in [0, 0.05) is 38.4 Å². The van der Waals surface area contributed by atoms with Crippen LogP contribution in [0.25, 0.3) is 0 Å². The first-order valence-corrected chi connectivity index (χ1v) is 8.04. The van der Waals surface area contributed by atoms with Gasteiger partial charge in [-0.3, -0.25) is 4.79 Å². The molecule has 104 valence electrons. The molecule has 1 saturated heterocycles. The normalized spacial score (nSPS) is 17.5. The van der Waals surface area contributed by atoms with Gasteiger partial charge in [-0.1, -0.05) is 0 Å². The van der Waals surface area contributed by atoms with Crippen molar-refractivity contribution in [2.24, 2.45) is 0 Å². The molecule has 2 heterocycles. The molecule has 0 aromatic carbocycles. The fraction of sp³-hybridized carbons (Fsp3) is 0.583. The first kappa shape index (κ1) is 13.9. The molecule has 1 fully saturated rings. The maximum atomic E-state index is 11.7. The van der Waals surface area contributed by atoms with E-state index in [1.54, 1.807) is 11.8 Å². The Kier molecular flexibility index (Phi) is 3.84. The van der Waals surface area contributed by atoms with E-state index in [0.717, 1.165) is 12.8 Å². The van der Waals surface area contributed by atoms with E-state index in [-0.39, 0.29) is 16.7 Å². The average molecular weight is 283 g/mol. The van der Waals surface area contributed by atoms with Gasteiger partial charge >= 0.3 is 0 Å². The highest BCUT2D eigenvalue weighted by Crippen LogP contribution is 2.30. The SMILES string of the molecule is CC(=O)N1CCC(c2ncncc2S(C)(=O)=O)CC1. The van der Waals surface area contributed by atoms with Gasteiger partial charge in [0.1, 0.15) is 11.2 Å². The summed E-state index contributed by atoms with van der Waals surface area (Å²) in [5.41, 5.74) is 0.584. The van der Waals surface area contributed by atoms with E-state index in [1.807, 2.05) is 0 Å². The second-order valence-corrected chi connectivity index (χ2v) is 6.81. The Hall–Kier alpha value is -1.50. The molecule has 2 rings (SSSR count). The van der Waals surface area contributed by atoms with Crippen molar-refractivity contribution in [3.63, 3.8) is 0 Å². The molecular weight excluding hydrogens is 266 g/mol. The van der Waals surface area contributed by atoms with Crippen LogP contribution in [0.15, 0.2) is 17.4 Å². The minimum Gasteiger partial charge on any atom is -0.343 e. The van der Waals surface area contributed by atoms with Crippen molar-refractivity contribution in [1.29, 1.82) is 0 Å². The van der Waals surface area contributed by atoms with Crippen LogP contribution in [0.1, 0.15) is 31.4 Å². The molecule has 0 atom stereocenters. The molecular formula is C12H17N3O3S. The molecule has 19 heavy (non-hydrogen) atoms. The average Bonchev–Trinajstić information content (AvgIpc) is 2.38. The number of carbonyl (C=O) groups is 1. The molecule has 0 aliphatic carbocycles. The van der Waals surface area contributed by atoms with E-state index < -0.39 is 9.84 Å². The molecule has 1 aromatic heterocycles. The second-order valence-electron chi connectivity index (χ2n) is 4.82. The van der Waals surface area contributed by atoms with Crippen LogP contribution < -0.4 is 0 Å². The van der Waals surface area contributed by atoms with E-state index >= 15 is 0 Å². The molecule has 0 unspecified atom stereocenters. The lowest BCUT2D eigenvalue weighted by Crippen LogP contribution is -2.36. The van der Waals surface area contributed by atoms with Crippen molar-refractivity contribution in [3.05, 3.63) is 18.2 Å². The number of likely N-dealkylation sites (tertiary alicyclic amines) is 1. The number of carbonyl (C=O) groups excluding carboxylic acids is 1. The number of piperidine rings is 1. The highest BCUT2D eigenvalue weighted by molar-refractivity contribution is 7.90. The van der Waals surface area contributed by atoms with Gasteiger partial charge in [-0.25, -0.2) is 18.4 Å². The highest BCUT2D eigenvalue weighted by Gasteiger charge is 2.27. The minimum absolute atomic E-state index is 0.0597. The van der Waals surface area contributed by atoms with E-state index in [1.165, 1.54) is 18.8 Å². The molecule has 7 heteroatoms. The summed E-state index contributed by atoms with van der Waals surface area (Å²) in [7, 11) is -3.32. The number of rotatable bonds is 2. The van der Waals surface area contributed by atoms with Gasteiger partial charge in [0.25, 0.3) is 0 Å². The van der Waals surface area contributed by atoms with Crippen LogP contribution in [0.3, 0.4) is 0 Å². The maximum Gasteiger partial charge on any atom is 0.219 e. The third-order valence-electron chi connectivity index (χ3n) is 3.43. The van der Waals surface area contributed by atoms with Crippen molar-refractivity contribution >= 4 is 15.7 Å². The van der Waals surface area contributed by atoms with Gasteiger partial charge in [0.15, 0.2) is 9.84 Å². The van der Waals surface area contributed by atoms with E-state index in [9.17, 15) is 13.2 Å². The zero-order valence-electron chi connectivity index (χ0n) is 11.0. The number of aromatic nitrogens is 2.